The van der Waals surface area contributed by atoms with Gasteiger partial charge in [-0.05, 0) is 30.0 Å². The zero-order chi connectivity index (χ0) is 19.2. The molecule has 0 fully saturated rings. The summed E-state index contributed by atoms with van der Waals surface area (Å²) < 4.78 is 11.1. The Bertz CT molecular complexity index is 986. The molecule has 27 heavy (non-hydrogen) atoms. The van der Waals surface area contributed by atoms with Gasteiger partial charge in [-0.3, -0.25) is 9.59 Å². The summed E-state index contributed by atoms with van der Waals surface area (Å²) in [6.07, 6.45) is 6.63. The van der Waals surface area contributed by atoms with Gasteiger partial charge < -0.3 is 9.15 Å². The van der Waals surface area contributed by atoms with E-state index in [4.69, 9.17) is 9.15 Å². The number of rotatable bonds is 7. The molecule has 0 spiro atoms. The van der Waals surface area contributed by atoms with Crippen LogP contribution < -0.4 is 10.2 Å². The van der Waals surface area contributed by atoms with Crippen LogP contribution in [0.5, 0.6) is 5.75 Å². The van der Waals surface area contributed by atoms with Gasteiger partial charge in [-0.15, -0.1) is 0 Å². The monoisotopic (exact) mass is 364 g/mol. The average molecular weight is 364 g/mol. The highest BCUT2D eigenvalue weighted by Crippen LogP contribution is 2.28. The number of hydrogen-bond acceptors (Lipinski definition) is 4. The second-order valence-electron chi connectivity index (χ2n) is 6.70. The third kappa shape index (κ3) is 4.45. The maximum absolute atomic E-state index is 13.0. The molecule has 0 aliphatic heterocycles. The first-order valence-electron chi connectivity index (χ1n) is 9.42. The minimum atomic E-state index is -0.382. The van der Waals surface area contributed by atoms with Crippen LogP contribution in [0.3, 0.4) is 0 Å². The molecule has 0 amide bonds. The maximum atomic E-state index is 13.0. The molecule has 3 rings (SSSR count). The van der Waals surface area contributed by atoms with E-state index in [1.54, 1.807) is 6.07 Å². The van der Waals surface area contributed by atoms with E-state index in [1.807, 2.05) is 36.4 Å². The van der Waals surface area contributed by atoms with Crippen molar-refractivity contribution in [1.82, 2.24) is 0 Å². The fourth-order valence-electron chi connectivity index (χ4n) is 3.21. The number of esters is 1. The van der Waals surface area contributed by atoms with Gasteiger partial charge in [0, 0.05) is 13.0 Å². The molecule has 1 heterocycles. The Morgan fingerprint density at radius 1 is 1.07 bits per heavy atom. The highest BCUT2D eigenvalue weighted by Gasteiger charge is 2.14. The van der Waals surface area contributed by atoms with Crippen LogP contribution in [0.2, 0.25) is 0 Å². The second kappa shape index (κ2) is 8.67. The molecule has 0 N–H and O–H groups in total. The third-order valence-corrected chi connectivity index (χ3v) is 4.59. The van der Waals surface area contributed by atoms with Crippen molar-refractivity contribution in [2.24, 2.45) is 0 Å². The lowest BCUT2D eigenvalue weighted by atomic mass is 10.0. The Kier molecular flexibility index (Phi) is 6.07. The summed E-state index contributed by atoms with van der Waals surface area (Å²) in [4.78, 5) is 24.5. The predicted octanol–water partition coefficient (Wildman–Crippen LogP) is 5.51. The molecule has 0 aliphatic carbocycles. The zero-order valence-corrected chi connectivity index (χ0v) is 15.8. The molecule has 4 nitrogen and oxygen atoms in total. The lowest BCUT2D eigenvalue weighted by molar-refractivity contribution is -0.131. The fraction of sp³-hybridized carbons (Fsp3) is 0.304. The standard InChI is InChI=1S/C23H24O4/c1-3-4-5-7-12-18-13-19-22(14-21(18)27-16(2)24)26-15-20(23(19)25)17-10-8-6-9-11-17/h6,8-11,13-15H,3-5,7,12H2,1-2H3. The van der Waals surface area contributed by atoms with Gasteiger partial charge in [-0.25, -0.2) is 0 Å². The van der Waals surface area contributed by atoms with Crippen molar-refractivity contribution in [2.45, 2.75) is 46.0 Å². The number of carbonyl (C=O) groups excluding carboxylic acids is 1. The van der Waals surface area contributed by atoms with Gasteiger partial charge in [0.1, 0.15) is 17.6 Å². The van der Waals surface area contributed by atoms with Gasteiger partial charge in [0.05, 0.1) is 10.9 Å². The van der Waals surface area contributed by atoms with Crippen LogP contribution in [0.4, 0.5) is 0 Å². The molecule has 1 aromatic heterocycles. The van der Waals surface area contributed by atoms with E-state index in [0.717, 1.165) is 43.2 Å². The van der Waals surface area contributed by atoms with Crippen LogP contribution in [0, 0.1) is 0 Å². The Labute approximate surface area is 158 Å². The summed E-state index contributed by atoms with van der Waals surface area (Å²) in [5, 5.41) is 0.512. The second-order valence-corrected chi connectivity index (χ2v) is 6.70. The highest BCUT2D eigenvalue weighted by atomic mass is 16.5. The molecule has 4 heteroatoms. The van der Waals surface area contributed by atoms with Crippen LogP contribution >= 0.6 is 0 Å². The number of unbranched alkanes of at least 4 members (excludes halogenated alkanes) is 3. The third-order valence-electron chi connectivity index (χ3n) is 4.59. The molecule has 0 radical (unpaired) electrons. The van der Waals surface area contributed by atoms with Gasteiger partial charge in [0.2, 0.25) is 5.43 Å². The van der Waals surface area contributed by atoms with Gasteiger partial charge in [-0.2, -0.15) is 0 Å². The number of ether oxygens (including phenoxy) is 1. The summed E-state index contributed by atoms with van der Waals surface area (Å²) in [6, 6.07) is 12.9. The van der Waals surface area contributed by atoms with E-state index in [1.165, 1.54) is 13.2 Å². The molecule has 0 atom stereocenters. The summed E-state index contributed by atoms with van der Waals surface area (Å²) in [7, 11) is 0. The molecule has 0 aliphatic rings. The SMILES string of the molecule is CCCCCCc1cc2c(=O)c(-c3ccccc3)coc2cc1OC(C)=O. The lowest BCUT2D eigenvalue weighted by Crippen LogP contribution is -2.08. The van der Waals surface area contributed by atoms with Crippen molar-refractivity contribution < 1.29 is 13.9 Å². The first-order valence-corrected chi connectivity index (χ1v) is 9.42. The number of benzene rings is 2. The van der Waals surface area contributed by atoms with Gasteiger partial charge in [0.25, 0.3) is 0 Å². The van der Waals surface area contributed by atoms with E-state index < -0.39 is 0 Å². The van der Waals surface area contributed by atoms with Gasteiger partial charge >= 0.3 is 5.97 Å². The summed E-state index contributed by atoms with van der Waals surface area (Å²) in [5.41, 5.74) is 2.56. The summed E-state index contributed by atoms with van der Waals surface area (Å²) >= 11 is 0. The van der Waals surface area contributed by atoms with Crippen LogP contribution in [-0.2, 0) is 11.2 Å². The van der Waals surface area contributed by atoms with Crippen LogP contribution in [0.15, 0.2) is 57.9 Å². The molecular weight excluding hydrogens is 340 g/mol. The Balaban J connectivity index is 2.06. The summed E-state index contributed by atoms with van der Waals surface area (Å²) in [5.74, 6) is 0.0921. The largest absolute Gasteiger partial charge is 0.463 e. The molecule has 0 saturated heterocycles. The minimum Gasteiger partial charge on any atom is -0.463 e. The summed E-state index contributed by atoms with van der Waals surface area (Å²) in [6.45, 7) is 3.54. The fourth-order valence-corrected chi connectivity index (χ4v) is 3.21. The van der Waals surface area contributed by atoms with Gasteiger partial charge in [-0.1, -0.05) is 56.5 Å². The Morgan fingerprint density at radius 3 is 2.56 bits per heavy atom. The molecule has 140 valence electrons. The van der Waals surface area contributed by atoms with E-state index >= 15 is 0 Å². The van der Waals surface area contributed by atoms with Gasteiger partial charge in [0.15, 0.2) is 0 Å². The maximum Gasteiger partial charge on any atom is 0.308 e. The van der Waals surface area contributed by atoms with E-state index in [2.05, 4.69) is 6.92 Å². The number of carbonyl (C=O) groups is 1. The number of fused-ring (bicyclic) bond motifs is 1. The molecule has 0 bridgehead atoms. The predicted molar refractivity (Wildman–Crippen MR) is 107 cm³/mol. The highest BCUT2D eigenvalue weighted by molar-refractivity contribution is 5.84. The quantitative estimate of drug-likeness (QED) is 0.315. The molecular formula is C23H24O4. The normalized spacial score (nSPS) is 10.9. The Hall–Kier alpha value is -2.88. The van der Waals surface area contributed by atoms with Crippen molar-refractivity contribution in [1.29, 1.82) is 0 Å². The molecule has 0 unspecified atom stereocenters. The van der Waals surface area contributed by atoms with Crippen LogP contribution in [0.25, 0.3) is 22.1 Å². The van der Waals surface area contributed by atoms with Crippen molar-refractivity contribution in [3.8, 4) is 16.9 Å². The number of hydrogen-bond donors (Lipinski definition) is 0. The smallest absolute Gasteiger partial charge is 0.308 e. The van der Waals surface area contributed by atoms with Crippen LogP contribution in [0.1, 0.15) is 45.1 Å². The van der Waals surface area contributed by atoms with E-state index in [0.29, 0.717) is 22.3 Å². The Morgan fingerprint density at radius 2 is 1.85 bits per heavy atom. The lowest BCUT2D eigenvalue weighted by Gasteiger charge is -2.11. The van der Waals surface area contributed by atoms with E-state index in [-0.39, 0.29) is 11.4 Å². The average Bonchev–Trinajstić information content (AvgIpc) is 2.66. The van der Waals surface area contributed by atoms with E-state index in [9.17, 15) is 9.59 Å². The van der Waals surface area contributed by atoms with Crippen LogP contribution in [-0.4, -0.2) is 5.97 Å². The first kappa shape index (κ1) is 18.9. The molecule has 3 aromatic rings. The minimum absolute atomic E-state index is 0.0772. The van der Waals surface area contributed by atoms with Crippen molar-refractivity contribution >= 4 is 16.9 Å². The number of aryl methyl sites for hydroxylation is 1. The molecule has 0 saturated carbocycles. The topological polar surface area (TPSA) is 56.5 Å². The first-order chi connectivity index (χ1) is 13.1. The van der Waals surface area contributed by atoms with Crippen molar-refractivity contribution in [2.75, 3.05) is 0 Å². The van der Waals surface area contributed by atoms with Crippen molar-refractivity contribution in [3.63, 3.8) is 0 Å². The van der Waals surface area contributed by atoms with Crippen molar-refractivity contribution in [3.05, 3.63) is 64.5 Å². The zero-order valence-electron chi connectivity index (χ0n) is 15.8. The molecule has 2 aromatic carbocycles.